The molecule has 7 heteroatoms. The minimum atomic E-state index is -3.80. The van der Waals surface area contributed by atoms with Gasteiger partial charge in [-0.05, 0) is 86.0 Å². The van der Waals surface area contributed by atoms with Gasteiger partial charge in [-0.1, -0.05) is 47.5 Å². The maximum Gasteiger partial charge on any atom is 0.243 e. The Morgan fingerprint density at radius 3 is 2.26 bits per heavy atom. The van der Waals surface area contributed by atoms with Gasteiger partial charge in [-0.2, -0.15) is 4.31 Å². The Morgan fingerprint density at radius 1 is 0.857 bits per heavy atom. The predicted molar refractivity (Wildman–Crippen MR) is 141 cm³/mol. The summed E-state index contributed by atoms with van der Waals surface area (Å²) < 4.78 is 34.3. The summed E-state index contributed by atoms with van der Waals surface area (Å²) in [5.41, 5.74) is 5.20. The Balaban J connectivity index is 1.58. The maximum absolute atomic E-state index is 13.5. The number of sulfonamides is 1. The number of halogens is 1. The molecular weight excluding hydrogens is 480 g/mol. The molecular formula is C28H27ClN2O3S. The van der Waals surface area contributed by atoms with Crippen molar-refractivity contribution >= 4 is 33.5 Å². The number of hydrogen-bond donors (Lipinski definition) is 0. The van der Waals surface area contributed by atoms with E-state index in [1.165, 1.54) is 27.6 Å². The Hall–Kier alpha value is -3.19. The van der Waals surface area contributed by atoms with Crippen LogP contribution in [-0.4, -0.2) is 18.9 Å². The molecule has 0 saturated carbocycles. The van der Waals surface area contributed by atoms with Crippen molar-refractivity contribution in [2.24, 2.45) is 4.99 Å². The Bertz CT molecular complexity index is 1440. The molecule has 3 aromatic carbocycles. The van der Waals surface area contributed by atoms with Gasteiger partial charge in [0.05, 0.1) is 23.3 Å². The molecule has 0 aliphatic carbocycles. The lowest BCUT2D eigenvalue weighted by Crippen LogP contribution is -2.30. The van der Waals surface area contributed by atoms with E-state index in [0.717, 1.165) is 16.8 Å². The van der Waals surface area contributed by atoms with Crippen LogP contribution in [0, 0.1) is 20.8 Å². The number of nitrogens with zero attached hydrogens (tertiary/aromatic N) is 2. The van der Waals surface area contributed by atoms with E-state index >= 15 is 0 Å². The molecule has 4 aromatic rings. The zero-order chi connectivity index (χ0) is 25.0. The first-order chi connectivity index (χ1) is 16.7. The van der Waals surface area contributed by atoms with Gasteiger partial charge in [0.25, 0.3) is 0 Å². The van der Waals surface area contributed by atoms with Crippen LogP contribution in [0.25, 0.3) is 0 Å². The highest BCUT2D eigenvalue weighted by molar-refractivity contribution is 7.89. The van der Waals surface area contributed by atoms with Crippen LogP contribution in [0.1, 0.15) is 33.8 Å². The summed E-state index contributed by atoms with van der Waals surface area (Å²) in [4.78, 5) is 4.67. The van der Waals surface area contributed by atoms with Gasteiger partial charge >= 0.3 is 0 Å². The van der Waals surface area contributed by atoms with Crippen molar-refractivity contribution in [3.8, 4) is 0 Å². The van der Waals surface area contributed by atoms with Crippen molar-refractivity contribution in [1.82, 2.24) is 4.31 Å². The number of furan rings is 1. The third-order valence-electron chi connectivity index (χ3n) is 5.78. The molecule has 0 N–H and O–H groups in total. The first-order valence-electron chi connectivity index (χ1n) is 11.2. The number of aryl methyl sites for hydroxylation is 3. The van der Waals surface area contributed by atoms with E-state index in [0.29, 0.717) is 16.5 Å². The largest absolute Gasteiger partial charge is 0.459 e. The summed E-state index contributed by atoms with van der Waals surface area (Å²) in [6.45, 7) is 6.38. The molecule has 1 heterocycles. The van der Waals surface area contributed by atoms with Crippen molar-refractivity contribution in [3.05, 3.63) is 118 Å². The SMILES string of the molecule is Cc1ccc(CN(Cc2ccc(C=Nc3ccc(C)c(C)c3)o2)S(=O)(=O)c2ccc(Cl)cc2)cc1. The van der Waals surface area contributed by atoms with E-state index in [2.05, 4.69) is 11.9 Å². The van der Waals surface area contributed by atoms with Crippen LogP contribution >= 0.6 is 11.6 Å². The standard InChI is InChI=1S/C28H27ClN2O3S/c1-20-4-7-23(8-5-20)18-31(35(32,33)28-14-9-24(29)10-15-28)19-27-13-12-26(34-27)17-30-25-11-6-21(2)22(3)16-25/h4-17H,18-19H2,1-3H3. The second-order valence-electron chi connectivity index (χ2n) is 8.54. The van der Waals surface area contributed by atoms with E-state index in [9.17, 15) is 8.42 Å². The first-order valence-corrected chi connectivity index (χ1v) is 13.0. The van der Waals surface area contributed by atoms with E-state index in [4.69, 9.17) is 16.0 Å². The Morgan fingerprint density at radius 2 is 1.57 bits per heavy atom. The maximum atomic E-state index is 13.5. The van der Waals surface area contributed by atoms with Crippen molar-refractivity contribution < 1.29 is 12.8 Å². The molecule has 0 spiro atoms. The van der Waals surface area contributed by atoms with Crippen LogP contribution in [-0.2, 0) is 23.1 Å². The molecule has 0 bridgehead atoms. The molecule has 0 aliphatic rings. The molecule has 0 radical (unpaired) electrons. The summed E-state index contributed by atoms with van der Waals surface area (Å²) in [6, 6.07) is 23.6. The van der Waals surface area contributed by atoms with Gasteiger partial charge in [-0.25, -0.2) is 8.42 Å². The number of rotatable bonds is 8. The fourth-order valence-electron chi connectivity index (χ4n) is 3.55. The van der Waals surface area contributed by atoms with Gasteiger partial charge in [0.2, 0.25) is 10.0 Å². The molecule has 4 rings (SSSR count). The first kappa shape index (κ1) is 24.9. The van der Waals surface area contributed by atoms with E-state index in [1.807, 2.05) is 56.3 Å². The van der Waals surface area contributed by atoms with Crippen LogP contribution in [0.15, 0.2) is 93.2 Å². The quantitative estimate of drug-likeness (QED) is 0.242. The van der Waals surface area contributed by atoms with Gasteiger partial charge in [0, 0.05) is 11.6 Å². The lowest BCUT2D eigenvalue weighted by molar-refractivity contribution is 0.357. The summed E-state index contributed by atoms with van der Waals surface area (Å²) in [7, 11) is -3.80. The second kappa shape index (κ2) is 10.6. The van der Waals surface area contributed by atoms with Gasteiger partial charge in [0.15, 0.2) is 0 Å². The van der Waals surface area contributed by atoms with Gasteiger partial charge in [0.1, 0.15) is 11.5 Å². The number of hydrogen-bond acceptors (Lipinski definition) is 4. The van der Waals surface area contributed by atoms with E-state index in [-0.39, 0.29) is 18.0 Å². The number of benzene rings is 3. The van der Waals surface area contributed by atoms with Crippen LogP contribution in [0.4, 0.5) is 5.69 Å². The zero-order valence-corrected chi connectivity index (χ0v) is 21.5. The van der Waals surface area contributed by atoms with Crippen LogP contribution < -0.4 is 0 Å². The number of aliphatic imine (C=N–C) groups is 1. The molecule has 0 atom stereocenters. The van der Waals surface area contributed by atoms with Crippen LogP contribution in [0.2, 0.25) is 5.02 Å². The van der Waals surface area contributed by atoms with E-state index < -0.39 is 10.0 Å². The fraction of sp³-hybridized carbons (Fsp3) is 0.179. The Labute approximate surface area is 211 Å². The smallest absolute Gasteiger partial charge is 0.243 e. The molecule has 0 fully saturated rings. The fourth-order valence-corrected chi connectivity index (χ4v) is 5.07. The summed E-state index contributed by atoms with van der Waals surface area (Å²) in [6.07, 6.45) is 1.64. The molecule has 0 unspecified atom stereocenters. The Kier molecular flexibility index (Phi) is 7.55. The predicted octanol–water partition coefficient (Wildman–Crippen LogP) is 7.00. The van der Waals surface area contributed by atoms with Gasteiger partial charge in [-0.3, -0.25) is 4.99 Å². The highest BCUT2D eigenvalue weighted by Gasteiger charge is 2.26. The minimum absolute atomic E-state index is 0.0797. The lowest BCUT2D eigenvalue weighted by Gasteiger charge is -2.21. The molecule has 5 nitrogen and oxygen atoms in total. The van der Waals surface area contributed by atoms with Crippen molar-refractivity contribution in [3.63, 3.8) is 0 Å². The third-order valence-corrected chi connectivity index (χ3v) is 7.83. The molecule has 0 amide bonds. The average Bonchev–Trinajstić information content (AvgIpc) is 3.28. The van der Waals surface area contributed by atoms with Crippen molar-refractivity contribution in [2.75, 3.05) is 0 Å². The summed E-state index contributed by atoms with van der Waals surface area (Å²) in [5, 5.41) is 0.479. The monoisotopic (exact) mass is 506 g/mol. The highest BCUT2D eigenvalue weighted by atomic mass is 35.5. The molecule has 0 aliphatic heterocycles. The van der Waals surface area contributed by atoms with Gasteiger partial charge < -0.3 is 4.42 Å². The topological polar surface area (TPSA) is 62.9 Å². The summed E-state index contributed by atoms with van der Waals surface area (Å²) in [5.74, 6) is 1.08. The average molecular weight is 507 g/mol. The van der Waals surface area contributed by atoms with Crippen molar-refractivity contribution in [1.29, 1.82) is 0 Å². The minimum Gasteiger partial charge on any atom is -0.459 e. The van der Waals surface area contributed by atoms with Crippen LogP contribution in [0.3, 0.4) is 0 Å². The van der Waals surface area contributed by atoms with Crippen molar-refractivity contribution in [2.45, 2.75) is 38.8 Å². The molecule has 180 valence electrons. The lowest BCUT2D eigenvalue weighted by atomic mass is 10.1. The zero-order valence-electron chi connectivity index (χ0n) is 19.9. The highest BCUT2D eigenvalue weighted by Crippen LogP contribution is 2.24. The molecule has 1 aromatic heterocycles. The third kappa shape index (κ3) is 6.28. The normalized spacial score (nSPS) is 12.0. The second-order valence-corrected chi connectivity index (χ2v) is 10.9. The van der Waals surface area contributed by atoms with Gasteiger partial charge in [-0.15, -0.1) is 0 Å². The summed E-state index contributed by atoms with van der Waals surface area (Å²) >= 11 is 5.97. The van der Waals surface area contributed by atoms with E-state index in [1.54, 1.807) is 30.5 Å². The molecule has 0 saturated heterocycles. The molecule has 35 heavy (non-hydrogen) atoms. The van der Waals surface area contributed by atoms with Crippen LogP contribution in [0.5, 0.6) is 0 Å².